The number of hydrogen-bond donors (Lipinski definition) is 0. The predicted molar refractivity (Wildman–Crippen MR) is 75.8 cm³/mol. The number of thioether (sulfide) groups is 1. The van der Waals surface area contributed by atoms with E-state index < -0.39 is 0 Å². The minimum Gasteiger partial charge on any atom is -0.289 e. The van der Waals surface area contributed by atoms with Gasteiger partial charge >= 0.3 is 0 Å². The predicted octanol–water partition coefficient (Wildman–Crippen LogP) is 4.40. The lowest BCUT2D eigenvalue weighted by Gasteiger charge is -2.06. The Labute approximate surface area is 113 Å². The number of benzene rings is 2. The third-order valence-electron chi connectivity index (χ3n) is 2.46. The molecule has 0 aliphatic heterocycles. The van der Waals surface area contributed by atoms with Gasteiger partial charge in [0.1, 0.15) is 0 Å². The van der Waals surface area contributed by atoms with Crippen LogP contribution < -0.4 is 0 Å². The Balaban J connectivity index is 2.40. The van der Waals surface area contributed by atoms with Crippen LogP contribution in [0.5, 0.6) is 0 Å². The minimum absolute atomic E-state index is 0.0717. The average molecular weight is 307 g/mol. The number of halogens is 1. The molecule has 0 saturated carbocycles. The molecule has 0 fully saturated rings. The number of carbonyl (C=O) groups is 1. The molecular weight excluding hydrogens is 296 g/mol. The van der Waals surface area contributed by atoms with Crippen LogP contribution in [-0.4, -0.2) is 12.0 Å². The molecule has 0 radical (unpaired) electrons. The van der Waals surface area contributed by atoms with Crippen molar-refractivity contribution < 1.29 is 4.79 Å². The van der Waals surface area contributed by atoms with Gasteiger partial charge in [0, 0.05) is 20.5 Å². The van der Waals surface area contributed by atoms with Crippen molar-refractivity contribution in [2.75, 3.05) is 6.26 Å². The topological polar surface area (TPSA) is 17.1 Å². The van der Waals surface area contributed by atoms with E-state index in [1.165, 1.54) is 0 Å². The van der Waals surface area contributed by atoms with Crippen LogP contribution >= 0.6 is 27.7 Å². The quantitative estimate of drug-likeness (QED) is 0.617. The van der Waals surface area contributed by atoms with Gasteiger partial charge in [-0.3, -0.25) is 4.79 Å². The van der Waals surface area contributed by atoms with Gasteiger partial charge in [-0.15, -0.1) is 11.8 Å². The summed E-state index contributed by atoms with van der Waals surface area (Å²) in [5.74, 6) is 0.0717. The zero-order chi connectivity index (χ0) is 12.3. The van der Waals surface area contributed by atoms with E-state index in [0.29, 0.717) is 0 Å². The van der Waals surface area contributed by atoms with Crippen molar-refractivity contribution in [3.63, 3.8) is 0 Å². The minimum atomic E-state index is 0.0717. The Morgan fingerprint density at radius 1 is 1.06 bits per heavy atom. The van der Waals surface area contributed by atoms with Crippen molar-refractivity contribution in [1.29, 1.82) is 0 Å². The van der Waals surface area contributed by atoms with E-state index >= 15 is 0 Å². The van der Waals surface area contributed by atoms with Gasteiger partial charge in [-0.2, -0.15) is 0 Å². The molecule has 3 heteroatoms. The third-order valence-corrected chi connectivity index (χ3v) is 3.78. The first-order chi connectivity index (χ1) is 8.22. The normalized spacial score (nSPS) is 10.2. The first-order valence-electron chi connectivity index (χ1n) is 5.15. The molecule has 2 rings (SSSR count). The summed E-state index contributed by atoms with van der Waals surface area (Å²) in [6.07, 6.45) is 1.98. The highest BCUT2D eigenvalue weighted by molar-refractivity contribution is 9.10. The van der Waals surface area contributed by atoms with E-state index in [1.807, 2.05) is 54.8 Å². The first kappa shape index (κ1) is 12.4. The van der Waals surface area contributed by atoms with E-state index in [0.717, 1.165) is 20.5 Å². The molecule has 1 nitrogen and oxygen atoms in total. The molecule has 86 valence electrons. The number of rotatable bonds is 3. The van der Waals surface area contributed by atoms with E-state index in [4.69, 9.17) is 0 Å². The number of carbonyl (C=O) groups excluding carboxylic acids is 1. The lowest BCUT2D eigenvalue weighted by molar-refractivity contribution is 0.103. The highest BCUT2D eigenvalue weighted by atomic mass is 79.9. The molecule has 0 spiro atoms. The summed E-state index contributed by atoms with van der Waals surface area (Å²) >= 11 is 4.96. The van der Waals surface area contributed by atoms with Gasteiger partial charge in [-0.1, -0.05) is 28.1 Å². The summed E-state index contributed by atoms with van der Waals surface area (Å²) in [5, 5.41) is 0. The number of ketones is 1. The zero-order valence-corrected chi connectivity index (χ0v) is 11.7. The van der Waals surface area contributed by atoms with Gasteiger partial charge in [-0.05, 0) is 42.7 Å². The maximum absolute atomic E-state index is 12.3. The highest BCUT2D eigenvalue weighted by Crippen LogP contribution is 2.23. The molecule has 0 aliphatic rings. The van der Waals surface area contributed by atoms with Gasteiger partial charge in [0.2, 0.25) is 0 Å². The molecule has 0 amide bonds. The van der Waals surface area contributed by atoms with E-state index in [9.17, 15) is 4.79 Å². The molecule has 0 atom stereocenters. The second-order valence-corrected chi connectivity index (χ2v) is 5.30. The summed E-state index contributed by atoms with van der Waals surface area (Å²) in [7, 11) is 0. The Morgan fingerprint density at radius 2 is 1.71 bits per heavy atom. The average Bonchev–Trinajstić information content (AvgIpc) is 2.39. The van der Waals surface area contributed by atoms with Crippen LogP contribution in [-0.2, 0) is 0 Å². The van der Waals surface area contributed by atoms with Gasteiger partial charge in [0.15, 0.2) is 5.78 Å². The maximum Gasteiger partial charge on any atom is 0.194 e. The zero-order valence-electron chi connectivity index (χ0n) is 9.31. The molecule has 0 N–H and O–H groups in total. The molecule has 2 aromatic carbocycles. The Kier molecular flexibility index (Phi) is 4.02. The lowest BCUT2D eigenvalue weighted by atomic mass is 10.0. The van der Waals surface area contributed by atoms with E-state index in [-0.39, 0.29) is 5.78 Å². The fraction of sp³-hybridized carbons (Fsp3) is 0.0714. The Hall–Kier alpha value is -1.06. The molecule has 0 heterocycles. The molecule has 17 heavy (non-hydrogen) atoms. The van der Waals surface area contributed by atoms with Crippen molar-refractivity contribution in [1.82, 2.24) is 0 Å². The smallest absolute Gasteiger partial charge is 0.194 e. The summed E-state index contributed by atoms with van der Waals surface area (Å²) in [6.45, 7) is 0. The van der Waals surface area contributed by atoms with Gasteiger partial charge in [-0.25, -0.2) is 0 Å². The summed E-state index contributed by atoms with van der Waals surface area (Å²) in [4.78, 5) is 13.3. The van der Waals surface area contributed by atoms with Crippen molar-refractivity contribution in [2.45, 2.75) is 4.90 Å². The molecule has 0 aliphatic carbocycles. The van der Waals surface area contributed by atoms with Crippen LogP contribution in [0.4, 0.5) is 0 Å². The van der Waals surface area contributed by atoms with Crippen molar-refractivity contribution in [3.05, 3.63) is 64.1 Å². The van der Waals surface area contributed by atoms with Crippen LogP contribution in [0.2, 0.25) is 0 Å². The summed E-state index contributed by atoms with van der Waals surface area (Å²) in [6, 6.07) is 15.1. The van der Waals surface area contributed by atoms with Crippen LogP contribution in [0.25, 0.3) is 0 Å². The first-order valence-corrected chi connectivity index (χ1v) is 7.17. The largest absolute Gasteiger partial charge is 0.289 e. The summed E-state index contributed by atoms with van der Waals surface area (Å²) in [5.41, 5.74) is 1.48. The lowest BCUT2D eigenvalue weighted by Crippen LogP contribution is -2.02. The second-order valence-electron chi connectivity index (χ2n) is 3.54. The monoisotopic (exact) mass is 306 g/mol. The third kappa shape index (κ3) is 2.79. The van der Waals surface area contributed by atoms with Gasteiger partial charge in [0.05, 0.1) is 0 Å². The molecule has 0 saturated heterocycles. The standard InChI is InChI=1S/C14H11BrOS/c1-17-13-5-3-2-4-12(13)14(16)10-6-8-11(15)9-7-10/h2-9H,1H3. The van der Waals surface area contributed by atoms with Crippen LogP contribution in [0.15, 0.2) is 57.9 Å². The number of hydrogen-bond acceptors (Lipinski definition) is 2. The summed E-state index contributed by atoms with van der Waals surface area (Å²) < 4.78 is 0.979. The van der Waals surface area contributed by atoms with Gasteiger partial charge < -0.3 is 0 Å². The van der Waals surface area contributed by atoms with Crippen molar-refractivity contribution >= 4 is 33.5 Å². The fourth-order valence-electron chi connectivity index (χ4n) is 1.59. The Morgan fingerprint density at radius 3 is 2.35 bits per heavy atom. The van der Waals surface area contributed by atoms with E-state index in [2.05, 4.69) is 15.9 Å². The maximum atomic E-state index is 12.3. The highest BCUT2D eigenvalue weighted by Gasteiger charge is 2.12. The van der Waals surface area contributed by atoms with Crippen LogP contribution in [0, 0.1) is 0 Å². The van der Waals surface area contributed by atoms with Crippen LogP contribution in [0.1, 0.15) is 15.9 Å². The molecule has 0 unspecified atom stereocenters. The molecular formula is C14H11BrOS. The van der Waals surface area contributed by atoms with Gasteiger partial charge in [0.25, 0.3) is 0 Å². The SMILES string of the molecule is CSc1ccccc1C(=O)c1ccc(Br)cc1. The van der Waals surface area contributed by atoms with E-state index in [1.54, 1.807) is 11.8 Å². The fourth-order valence-corrected chi connectivity index (χ4v) is 2.45. The molecule has 0 aromatic heterocycles. The van der Waals surface area contributed by atoms with Crippen molar-refractivity contribution in [3.8, 4) is 0 Å². The Bertz CT molecular complexity index is 534. The van der Waals surface area contributed by atoms with Crippen molar-refractivity contribution in [2.24, 2.45) is 0 Å². The second kappa shape index (κ2) is 5.52. The molecule has 0 bridgehead atoms. The molecule has 2 aromatic rings. The van der Waals surface area contributed by atoms with Crippen LogP contribution in [0.3, 0.4) is 0 Å².